The highest BCUT2D eigenvalue weighted by atomic mass is 32.2. The van der Waals surface area contributed by atoms with Crippen molar-refractivity contribution in [3.05, 3.63) is 103 Å². The molecule has 3 aromatic carbocycles. The molecular formula is C29H29O2S+. The summed E-state index contributed by atoms with van der Waals surface area (Å²) in [5.74, 6) is 0.188. The Hall–Kier alpha value is -2.78. The number of esters is 1. The number of carbonyl (C=O) groups is 1. The molecule has 1 unspecified atom stereocenters. The summed E-state index contributed by atoms with van der Waals surface area (Å²) in [5, 5.41) is 0. The molecule has 32 heavy (non-hydrogen) atoms. The molecule has 1 saturated carbocycles. The van der Waals surface area contributed by atoms with E-state index in [9.17, 15) is 4.79 Å². The molecule has 0 heterocycles. The maximum absolute atomic E-state index is 13.1. The largest absolute Gasteiger partial charge is 0.455 e. The van der Waals surface area contributed by atoms with Crippen molar-refractivity contribution in [1.82, 2.24) is 0 Å². The summed E-state index contributed by atoms with van der Waals surface area (Å²) in [4.78, 5) is 16.9. The molecule has 0 aromatic heterocycles. The first-order valence-corrected chi connectivity index (χ1v) is 12.8. The first-order valence-electron chi connectivity index (χ1n) is 11.6. The zero-order chi connectivity index (χ0) is 21.8. The Morgan fingerprint density at radius 3 is 1.88 bits per heavy atom. The second-order valence-electron chi connectivity index (χ2n) is 8.73. The Morgan fingerprint density at radius 1 is 0.781 bits per heavy atom. The van der Waals surface area contributed by atoms with Gasteiger partial charge in [-0.1, -0.05) is 48.6 Å². The van der Waals surface area contributed by atoms with Gasteiger partial charge in [0, 0.05) is 5.92 Å². The lowest BCUT2D eigenvalue weighted by molar-refractivity contribution is -0.0371. The van der Waals surface area contributed by atoms with Gasteiger partial charge in [0.2, 0.25) is 0 Å². The van der Waals surface area contributed by atoms with Crippen molar-refractivity contribution >= 4 is 16.9 Å². The molecule has 1 atom stereocenters. The molecule has 0 amide bonds. The maximum atomic E-state index is 13.1. The van der Waals surface area contributed by atoms with Gasteiger partial charge in [0.15, 0.2) is 14.7 Å². The van der Waals surface area contributed by atoms with Crippen LogP contribution in [0.5, 0.6) is 0 Å². The van der Waals surface area contributed by atoms with Crippen molar-refractivity contribution in [3.8, 4) is 0 Å². The van der Waals surface area contributed by atoms with Gasteiger partial charge in [0.05, 0.1) is 16.5 Å². The van der Waals surface area contributed by atoms with Crippen molar-refractivity contribution in [3.63, 3.8) is 0 Å². The minimum atomic E-state index is -0.304. The molecule has 1 fully saturated rings. The molecule has 3 aromatic rings. The van der Waals surface area contributed by atoms with Gasteiger partial charge in [0.25, 0.3) is 0 Å². The molecule has 0 aliphatic heterocycles. The molecule has 0 N–H and O–H groups in total. The summed E-state index contributed by atoms with van der Waals surface area (Å²) in [7, 11) is -0.212. The fraction of sp³-hybridized carbons (Fsp3) is 0.276. The summed E-state index contributed by atoms with van der Waals surface area (Å²) >= 11 is 0. The molecule has 0 bridgehead atoms. The number of carbonyl (C=O) groups excluding carboxylic acids is 1. The van der Waals surface area contributed by atoms with Crippen molar-refractivity contribution in [2.45, 2.75) is 58.8 Å². The monoisotopic (exact) mass is 441 g/mol. The molecule has 5 rings (SSSR count). The van der Waals surface area contributed by atoms with E-state index in [1.807, 2.05) is 24.3 Å². The normalized spacial score (nSPS) is 19.3. The minimum Gasteiger partial charge on any atom is -0.455 e. The van der Waals surface area contributed by atoms with Crippen molar-refractivity contribution in [2.75, 3.05) is 0 Å². The van der Waals surface area contributed by atoms with Crippen LogP contribution in [0.1, 0.15) is 48.9 Å². The van der Waals surface area contributed by atoms with E-state index in [1.165, 1.54) is 14.7 Å². The van der Waals surface area contributed by atoms with E-state index in [-0.39, 0.29) is 22.5 Å². The van der Waals surface area contributed by atoms with E-state index in [0.29, 0.717) is 11.5 Å². The number of hydrogen-bond acceptors (Lipinski definition) is 2. The lowest BCUT2D eigenvalue weighted by atomic mass is 9.85. The van der Waals surface area contributed by atoms with E-state index in [2.05, 4.69) is 72.8 Å². The zero-order valence-corrected chi connectivity index (χ0v) is 19.1. The van der Waals surface area contributed by atoms with E-state index in [4.69, 9.17) is 4.74 Å². The van der Waals surface area contributed by atoms with Crippen LogP contribution in [0.15, 0.2) is 112 Å². The summed E-state index contributed by atoms with van der Waals surface area (Å²) in [6.45, 7) is 0. The van der Waals surface area contributed by atoms with Crippen molar-refractivity contribution in [1.29, 1.82) is 0 Å². The zero-order valence-electron chi connectivity index (χ0n) is 18.3. The molecule has 0 saturated heterocycles. The number of hydrogen-bond donors (Lipinski definition) is 0. The fourth-order valence-corrected chi connectivity index (χ4v) is 7.17. The van der Waals surface area contributed by atoms with E-state index in [1.54, 1.807) is 0 Å². The maximum Gasteiger partial charge on any atom is 0.338 e. The molecule has 2 nitrogen and oxygen atoms in total. The number of ether oxygens (including phenoxy) is 1. The summed E-state index contributed by atoms with van der Waals surface area (Å²) in [5.41, 5.74) is 0.341. The lowest BCUT2D eigenvalue weighted by Crippen LogP contribution is -2.38. The van der Waals surface area contributed by atoms with Crippen LogP contribution in [-0.2, 0) is 15.6 Å². The highest BCUT2D eigenvalue weighted by molar-refractivity contribution is 7.97. The Bertz CT molecular complexity index is 1030. The average Bonchev–Trinajstić information content (AvgIpc) is 3.54. The molecule has 2 aliphatic rings. The number of allylic oxidation sites excluding steroid dienone is 1. The van der Waals surface area contributed by atoms with Crippen LogP contribution >= 0.6 is 0 Å². The van der Waals surface area contributed by atoms with E-state index >= 15 is 0 Å². The van der Waals surface area contributed by atoms with Crippen LogP contribution in [0.25, 0.3) is 0 Å². The predicted molar refractivity (Wildman–Crippen MR) is 130 cm³/mol. The molecule has 2 aliphatic carbocycles. The van der Waals surface area contributed by atoms with Gasteiger partial charge in [-0.2, -0.15) is 0 Å². The standard InChI is InChI=1S/C29H29O2S/c30-28(31-29(21-9-10-22-29)24-11-7-8-12-24)23-17-19-27(20-18-23)32(25-13-3-1-4-14-25)26-15-5-2-6-16-26/h1-7,11,13-20,24H,8-10,12,21-22H2/q+1. The first kappa shape index (κ1) is 21.1. The van der Waals surface area contributed by atoms with Crippen molar-refractivity contribution in [2.24, 2.45) is 5.92 Å². The van der Waals surface area contributed by atoms with E-state index in [0.717, 1.165) is 38.5 Å². The summed E-state index contributed by atoms with van der Waals surface area (Å²) in [6.07, 6.45) is 11.0. The predicted octanol–water partition coefficient (Wildman–Crippen LogP) is 7.22. The second kappa shape index (κ2) is 9.38. The molecular weight excluding hydrogens is 412 g/mol. The third kappa shape index (κ3) is 4.27. The first-order chi connectivity index (χ1) is 15.8. The quantitative estimate of drug-likeness (QED) is 0.229. The third-order valence-corrected chi connectivity index (χ3v) is 8.95. The summed E-state index contributed by atoms with van der Waals surface area (Å²) < 4.78 is 6.25. The van der Waals surface area contributed by atoms with Gasteiger partial charge in [-0.15, -0.1) is 0 Å². The van der Waals surface area contributed by atoms with Crippen LogP contribution in [0.3, 0.4) is 0 Å². The number of rotatable bonds is 6. The third-order valence-electron chi connectivity index (χ3n) is 6.72. The minimum absolute atomic E-state index is 0.182. The van der Waals surface area contributed by atoms with Crippen LogP contribution < -0.4 is 0 Å². The Kier molecular flexibility index (Phi) is 6.18. The van der Waals surface area contributed by atoms with Gasteiger partial charge < -0.3 is 4.74 Å². The fourth-order valence-electron chi connectivity index (χ4n) is 5.08. The second-order valence-corrected chi connectivity index (χ2v) is 10.8. The molecule has 162 valence electrons. The smallest absolute Gasteiger partial charge is 0.338 e. The van der Waals surface area contributed by atoms with E-state index < -0.39 is 0 Å². The molecule has 0 radical (unpaired) electrons. The molecule has 0 spiro atoms. The van der Waals surface area contributed by atoms with Crippen LogP contribution in [0.4, 0.5) is 0 Å². The highest BCUT2D eigenvalue weighted by Gasteiger charge is 2.44. The van der Waals surface area contributed by atoms with Crippen LogP contribution in [0, 0.1) is 5.92 Å². The SMILES string of the molecule is O=C(OC1(C2C=CCC2)CCCC1)c1ccc([S+](c2ccccc2)c2ccccc2)cc1. The highest BCUT2D eigenvalue weighted by Crippen LogP contribution is 2.44. The Balaban J connectivity index is 1.40. The number of benzene rings is 3. The van der Waals surface area contributed by atoms with Gasteiger partial charge in [-0.05, 0) is 87.1 Å². The van der Waals surface area contributed by atoms with Crippen molar-refractivity contribution < 1.29 is 9.53 Å². The van der Waals surface area contributed by atoms with Gasteiger partial charge in [-0.25, -0.2) is 4.79 Å². The lowest BCUT2D eigenvalue weighted by Gasteiger charge is -2.34. The topological polar surface area (TPSA) is 26.3 Å². The average molecular weight is 442 g/mol. The Labute approximate surface area is 193 Å². The molecule has 3 heteroatoms. The van der Waals surface area contributed by atoms with Gasteiger partial charge in [0.1, 0.15) is 5.60 Å². The summed E-state index contributed by atoms with van der Waals surface area (Å²) in [6, 6.07) is 29.2. The van der Waals surface area contributed by atoms with Gasteiger partial charge in [-0.3, -0.25) is 0 Å². The Morgan fingerprint density at radius 2 is 1.34 bits per heavy atom. The van der Waals surface area contributed by atoms with Crippen LogP contribution in [0.2, 0.25) is 0 Å². The van der Waals surface area contributed by atoms with Gasteiger partial charge >= 0.3 is 5.97 Å². The van der Waals surface area contributed by atoms with Crippen LogP contribution in [-0.4, -0.2) is 11.6 Å².